The fourth-order valence-corrected chi connectivity index (χ4v) is 1.75. The number of anilines is 2. The number of nitrogens with zero attached hydrogens (tertiary/aromatic N) is 2. The molecule has 0 atom stereocenters. The molecule has 6 heteroatoms. The SMILES string of the molecule is N#Cc1cc(F)c(Nc2cc(C#N)ccc2Cl)c(F)c1. The quantitative estimate of drug-likeness (QED) is 0.905. The summed E-state index contributed by atoms with van der Waals surface area (Å²) >= 11 is 5.90. The predicted octanol–water partition coefficient (Wildman–Crippen LogP) is 4.11. The van der Waals surface area contributed by atoms with Crippen molar-refractivity contribution in [2.75, 3.05) is 5.32 Å². The Morgan fingerprint density at radius 1 is 0.950 bits per heavy atom. The van der Waals surface area contributed by atoms with E-state index in [4.69, 9.17) is 22.1 Å². The van der Waals surface area contributed by atoms with Crippen molar-refractivity contribution < 1.29 is 8.78 Å². The largest absolute Gasteiger partial charge is 0.349 e. The van der Waals surface area contributed by atoms with Crippen molar-refractivity contribution in [3.8, 4) is 12.1 Å². The van der Waals surface area contributed by atoms with Crippen LogP contribution in [0.15, 0.2) is 30.3 Å². The molecule has 0 aliphatic carbocycles. The van der Waals surface area contributed by atoms with Crippen LogP contribution >= 0.6 is 11.6 Å². The van der Waals surface area contributed by atoms with Crippen LogP contribution in [-0.2, 0) is 0 Å². The Balaban J connectivity index is 2.46. The molecule has 0 bridgehead atoms. The molecule has 2 aromatic rings. The summed E-state index contributed by atoms with van der Waals surface area (Å²) < 4.78 is 27.5. The number of nitrogens with one attached hydrogen (secondary N) is 1. The second-order valence-electron chi connectivity index (χ2n) is 3.86. The van der Waals surface area contributed by atoms with Gasteiger partial charge in [0.05, 0.1) is 34.0 Å². The molecule has 0 amide bonds. The van der Waals surface area contributed by atoms with Crippen LogP contribution in [0.1, 0.15) is 11.1 Å². The molecular weight excluding hydrogens is 284 g/mol. The van der Waals surface area contributed by atoms with Gasteiger partial charge < -0.3 is 5.32 Å². The van der Waals surface area contributed by atoms with Crippen molar-refractivity contribution >= 4 is 23.0 Å². The zero-order valence-electron chi connectivity index (χ0n) is 9.92. The molecule has 0 aliphatic heterocycles. The molecule has 20 heavy (non-hydrogen) atoms. The molecule has 0 aromatic heterocycles. The molecule has 0 radical (unpaired) electrons. The van der Waals surface area contributed by atoms with Gasteiger partial charge in [0.15, 0.2) is 11.6 Å². The van der Waals surface area contributed by atoms with Gasteiger partial charge in [-0.25, -0.2) is 8.78 Å². The lowest BCUT2D eigenvalue weighted by Crippen LogP contribution is -1.99. The van der Waals surface area contributed by atoms with E-state index >= 15 is 0 Å². The normalized spacial score (nSPS) is 9.65. The Kier molecular flexibility index (Phi) is 3.84. The summed E-state index contributed by atoms with van der Waals surface area (Å²) in [6.45, 7) is 0. The molecular formula is C14H6ClF2N3. The minimum Gasteiger partial charge on any atom is -0.349 e. The van der Waals surface area contributed by atoms with Crippen molar-refractivity contribution in [1.29, 1.82) is 10.5 Å². The molecule has 0 aliphatic rings. The number of halogens is 3. The summed E-state index contributed by atoms with van der Waals surface area (Å²) in [5.41, 5.74) is -0.0528. The first-order chi connectivity index (χ1) is 9.55. The Bertz CT molecular complexity index is 737. The first kappa shape index (κ1) is 13.8. The van der Waals surface area contributed by atoms with E-state index in [2.05, 4.69) is 5.32 Å². The number of hydrogen-bond donors (Lipinski definition) is 1. The van der Waals surface area contributed by atoms with Crippen LogP contribution in [-0.4, -0.2) is 0 Å². The lowest BCUT2D eigenvalue weighted by Gasteiger charge is -2.11. The van der Waals surface area contributed by atoms with E-state index in [-0.39, 0.29) is 16.3 Å². The average molecular weight is 290 g/mol. The smallest absolute Gasteiger partial charge is 0.150 e. The molecule has 0 unspecified atom stereocenters. The zero-order valence-corrected chi connectivity index (χ0v) is 10.7. The van der Waals surface area contributed by atoms with Crippen LogP contribution in [0.4, 0.5) is 20.2 Å². The predicted molar refractivity (Wildman–Crippen MR) is 70.5 cm³/mol. The summed E-state index contributed by atoms with van der Waals surface area (Å²) in [7, 11) is 0. The summed E-state index contributed by atoms with van der Waals surface area (Å²) in [6.07, 6.45) is 0. The van der Waals surface area contributed by atoms with Crippen molar-refractivity contribution in [3.63, 3.8) is 0 Å². The van der Waals surface area contributed by atoms with Gasteiger partial charge in [-0.15, -0.1) is 0 Å². The maximum atomic E-state index is 13.7. The van der Waals surface area contributed by atoms with Crippen LogP contribution < -0.4 is 5.32 Å². The lowest BCUT2D eigenvalue weighted by molar-refractivity contribution is 0.590. The van der Waals surface area contributed by atoms with Gasteiger partial charge in [0.25, 0.3) is 0 Å². The van der Waals surface area contributed by atoms with E-state index in [0.29, 0.717) is 5.56 Å². The minimum atomic E-state index is -0.917. The molecule has 98 valence electrons. The highest BCUT2D eigenvalue weighted by Gasteiger charge is 2.13. The van der Waals surface area contributed by atoms with Crippen molar-refractivity contribution in [3.05, 3.63) is 58.1 Å². The number of benzene rings is 2. The van der Waals surface area contributed by atoms with Gasteiger partial charge in [0.2, 0.25) is 0 Å². The minimum absolute atomic E-state index is 0.123. The Morgan fingerprint density at radius 3 is 2.10 bits per heavy atom. The standard InChI is InChI=1S/C14H6ClF2N3/c15-10-2-1-8(6-18)5-13(10)20-14-11(16)3-9(7-19)4-12(14)17/h1-5,20H. The summed E-state index contributed by atoms with van der Waals surface area (Å²) in [6, 6.07) is 9.68. The van der Waals surface area contributed by atoms with Crippen molar-refractivity contribution in [1.82, 2.24) is 0 Å². The zero-order chi connectivity index (χ0) is 14.7. The summed E-state index contributed by atoms with van der Waals surface area (Å²) in [5, 5.41) is 20.1. The maximum Gasteiger partial charge on any atom is 0.150 e. The van der Waals surface area contributed by atoms with Gasteiger partial charge in [0.1, 0.15) is 5.69 Å². The van der Waals surface area contributed by atoms with E-state index in [1.807, 2.05) is 6.07 Å². The van der Waals surface area contributed by atoms with Gasteiger partial charge in [-0.2, -0.15) is 10.5 Å². The van der Waals surface area contributed by atoms with Crippen LogP contribution in [0.2, 0.25) is 5.02 Å². The third kappa shape index (κ3) is 2.69. The van der Waals surface area contributed by atoms with E-state index in [0.717, 1.165) is 12.1 Å². The van der Waals surface area contributed by atoms with Crippen LogP contribution in [0.25, 0.3) is 0 Å². The Hall–Kier alpha value is -2.63. The molecule has 2 rings (SSSR count). The fraction of sp³-hybridized carbons (Fsp3) is 0. The number of nitriles is 2. The van der Waals surface area contributed by atoms with Crippen molar-refractivity contribution in [2.45, 2.75) is 0 Å². The lowest BCUT2D eigenvalue weighted by atomic mass is 10.1. The molecule has 0 saturated carbocycles. The molecule has 0 spiro atoms. The number of rotatable bonds is 2. The van der Waals surface area contributed by atoms with Crippen LogP contribution in [0, 0.1) is 34.3 Å². The molecule has 0 fully saturated rings. The second-order valence-corrected chi connectivity index (χ2v) is 4.27. The van der Waals surface area contributed by atoms with Gasteiger partial charge >= 0.3 is 0 Å². The van der Waals surface area contributed by atoms with E-state index < -0.39 is 17.3 Å². The van der Waals surface area contributed by atoms with Gasteiger partial charge in [-0.1, -0.05) is 11.6 Å². The van der Waals surface area contributed by atoms with E-state index in [1.165, 1.54) is 18.2 Å². The summed E-state index contributed by atoms with van der Waals surface area (Å²) in [4.78, 5) is 0. The summed E-state index contributed by atoms with van der Waals surface area (Å²) in [5.74, 6) is -1.83. The highest BCUT2D eigenvalue weighted by molar-refractivity contribution is 6.33. The Labute approximate surface area is 118 Å². The fourth-order valence-electron chi connectivity index (χ4n) is 1.58. The second kappa shape index (κ2) is 5.56. The highest BCUT2D eigenvalue weighted by atomic mass is 35.5. The molecule has 1 N–H and O–H groups in total. The van der Waals surface area contributed by atoms with Gasteiger partial charge in [-0.3, -0.25) is 0 Å². The first-order valence-corrected chi connectivity index (χ1v) is 5.78. The molecule has 3 nitrogen and oxygen atoms in total. The van der Waals surface area contributed by atoms with Gasteiger partial charge in [0, 0.05) is 0 Å². The third-order valence-electron chi connectivity index (χ3n) is 2.53. The van der Waals surface area contributed by atoms with Crippen LogP contribution in [0.3, 0.4) is 0 Å². The van der Waals surface area contributed by atoms with E-state index in [1.54, 1.807) is 6.07 Å². The molecule has 0 heterocycles. The monoisotopic (exact) mass is 289 g/mol. The third-order valence-corrected chi connectivity index (χ3v) is 2.86. The van der Waals surface area contributed by atoms with Crippen molar-refractivity contribution in [2.24, 2.45) is 0 Å². The molecule has 2 aromatic carbocycles. The Morgan fingerprint density at radius 2 is 1.55 bits per heavy atom. The molecule has 0 saturated heterocycles. The van der Waals surface area contributed by atoms with E-state index in [9.17, 15) is 8.78 Å². The number of hydrogen-bond acceptors (Lipinski definition) is 3. The first-order valence-electron chi connectivity index (χ1n) is 5.41. The van der Waals surface area contributed by atoms with Crippen LogP contribution in [0.5, 0.6) is 0 Å². The topological polar surface area (TPSA) is 59.6 Å². The highest BCUT2D eigenvalue weighted by Crippen LogP contribution is 2.29. The average Bonchev–Trinajstić information content (AvgIpc) is 2.44. The van der Waals surface area contributed by atoms with Gasteiger partial charge in [-0.05, 0) is 30.3 Å². The maximum absolute atomic E-state index is 13.7.